The lowest BCUT2D eigenvalue weighted by molar-refractivity contribution is 0.0434. The molecule has 1 aliphatic rings. The van der Waals surface area contributed by atoms with Gasteiger partial charge in [0.1, 0.15) is 0 Å². The van der Waals surface area contributed by atoms with E-state index in [0.717, 1.165) is 13.0 Å². The van der Waals surface area contributed by atoms with Gasteiger partial charge in [-0.2, -0.15) is 0 Å². The first-order chi connectivity index (χ1) is 10.2. The molecule has 21 heavy (non-hydrogen) atoms. The number of hydrogen-bond donors (Lipinski definition) is 1. The third-order valence-corrected chi connectivity index (χ3v) is 5.18. The molecule has 2 atom stereocenters. The molecule has 0 aliphatic carbocycles. The fourth-order valence-corrected chi connectivity index (χ4v) is 3.61. The van der Waals surface area contributed by atoms with Crippen LogP contribution in [0.2, 0.25) is 0 Å². The van der Waals surface area contributed by atoms with Crippen LogP contribution in [0.1, 0.15) is 52.0 Å². The molecule has 0 amide bonds. The highest BCUT2D eigenvalue weighted by atomic mass is 15.2. The number of aromatic nitrogens is 1. The Labute approximate surface area is 130 Å². The molecule has 1 aromatic heterocycles. The molecular formula is C18H31N3. The van der Waals surface area contributed by atoms with Crippen molar-refractivity contribution in [2.45, 2.75) is 64.5 Å². The first-order valence-corrected chi connectivity index (χ1v) is 8.58. The minimum atomic E-state index is 0.236. The number of nitrogens with zero attached hydrogens (tertiary/aromatic N) is 2. The van der Waals surface area contributed by atoms with Crippen molar-refractivity contribution in [3.05, 3.63) is 30.1 Å². The highest BCUT2D eigenvalue weighted by Gasteiger charge is 2.38. The number of likely N-dealkylation sites (tertiary alicyclic amines) is 1. The van der Waals surface area contributed by atoms with Gasteiger partial charge in [0, 0.05) is 24.0 Å². The van der Waals surface area contributed by atoms with Crippen molar-refractivity contribution in [2.24, 2.45) is 0 Å². The molecule has 2 heterocycles. The Balaban J connectivity index is 2.16. The maximum absolute atomic E-state index is 4.14. The Kier molecular flexibility index (Phi) is 6.19. The van der Waals surface area contributed by atoms with Gasteiger partial charge in [0.25, 0.3) is 0 Å². The molecule has 1 aliphatic heterocycles. The van der Waals surface area contributed by atoms with Gasteiger partial charge in [0.15, 0.2) is 0 Å². The van der Waals surface area contributed by atoms with Crippen molar-refractivity contribution in [3.63, 3.8) is 0 Å². The van der Waals surface area contributed by atoms with Crippen molar-refractivity contribution in [2.75, 3.05) is 19.6 Å². The third kappa shape index (κ3) is 4.04. The zero-order valence-electron chi connectivity index (χ0n) is 13.9. The van der Waals surface area contributed by atoms with Crippen LogP contribution in [0.5, 0.6) is 0 Å². The Morgan fingerprint density at radius 2 is 1.86 bits per heavy atom. The third-order valence-electron chi connectivity index (χ3n) is 5.18. The topological polar surface area (TPSA) is 28.2 Å². The Morgan fingerprint density at radius 1 is 1.19 bits per heavy atom. The molecule has 1 fully saturated rings. The standard InChI is InChI=1S/C18H31N3/c1-4-18(3,21-13-7-6-8-14-21)17(20-5-2)15-16-9-11-19-12-10-16/h9-12,17,20H,4-8,13-15H2,1-3H3. The predicted molar refractivity (Wildman–Crippen MR) is 89.5 cm³/mol. The summed E-state index contributed by atoms with van der Waals surface area (Å²) in [5.74, 6) is 0. The van der Waals surface area contributed by atoms with Crippen LogP contribution in [0.25, 0.3) is 0 Å². The lowest BCUT2D eigenvalue weighted by atomic mass is 9.82. The van der Waals surface area contributed by atoms with E-state index in [9.17, 15) is 0 Å². The SMILES string of the molecule is CCNC(Cc1ccncc1)C(C)(CC)N1CCCCC1. The summed E-state index contributed by atoms with van der Waals surface area (Å²) in [6, 6.07) is 4.79. The Hall–Kier alpha value is -0.930. The number of hydrogen-bond acceptors (Lipinski definition) is 3. The summed E-state index contributed by atoms with van der Waals surface area (Å²) in [5.41, 5.74) is 1.62. The van der Waals surface area contributed by atoms with Crippen molar-refractivity contribution in [3.8, 4) is 0 Å². The Bertz CT molecular complexity index is 400. The summed E-state index contributed by atoms with van der Waals surface area (Å²) in [6.45, 7) is 10.5. The van der Waals surface area contributed by atoms with Crippen LogP contribution in [0.4, 0.5) is 0 Å². The summed E-state index contributed by atoms with van der Waals surface area (Å²) in [5, 5.41) is 3.76. The van der Waals surface area contributed by atoms with E-state index < -0.39 is 0 Å². The van der Waals surface area contributed by atoms with Crippen LogP contribution in [0.3, 0.4) is 0 Å². The molecule has 0 saturated carbocycles. The van der Waals surface area contributed by atoms with Crippen LogP contribution in [-0.4, -0.2) is 41.1 Å². The Morgan fingerprint density at radius 3 is 2.43 bits per heavy atom. The zero-order chi connectivity index (χ0) is 15.1. The van der Waals surface area contributed by atoms with E-state index in [-0.39, 0.29) is 5.54 Å². The number of likely N-dealkylation sites (N-methyl/N-ethyl adjacent to an activating group) is 1. The molecule has 1 aromatic rings. The van der Waals surface area contributed by atoms with Gasteiger partial charge in [-0.3, -0.25) is 9.88 Å². The van der Waals surface area contributed by atoms with Gasteiger partial charge in [0.2, 0.25) is 0 Å². The van der Waals surface area contributed by atoms with Crippen molar-refractivity contribution < 1.29 is 0 Å². The molecule has 3 heteroatoms. The molecule has 0 spiro atoms. The smallest absolute Gasteiger partial charge is 0.0334 e. The number of nitrogens with one attached hydrogen (secondary N) is 1. The second kappa shape index (κ2) is 7.90. The van der Waals surface area contributed by atoms with Gasteiger partial charge in [-0.25, -0.2) is 0 Å². The van der Waals surface area contributed by atoms with Gasteiger partial charge in [-0.1, -0.05) is 20.3 Å². The van der Waals surface area contributed by atoms with Gasteiger partial charge in [0.05, 0.1) is 0 Å². The van der Waals surface area contributed by atoms with E-state index in [0.29, 0.717) is 6.04 Å². The number of piperidine rings is 1. The maximum Gasteiger partial charge on any atom is 0.0334 e. The molecule has 1 N–H and O–H groups in total. The molecular weight excluding hydrogens is 258 g/mol. The highest BCUT2D eigenvalue weighted by Crippen LogP contribution is 2.29. The molecule has 0 aromatic carbocycles. The van der Waals surface area contributed by atoms with Crippen LogP contribution in [0.15, 0.2) is 24.5 Å². The first-order valence-electron chi connectivity index (χ1n) is 8.58. The number of rotatable bonds is 7. The zero-order valence-corrected chi connectivity index (χ0v) is 13.9. The fraction of sp³-hybridized carbons (Fsp3) is 0.722. The quantitative estimate of drug-likeness (QED) is 0.835. The summed E-state index contributed by atoms with van der Waals surface area (Å²) >= 11 is 0. The van der Waals surface area contributed by atoms with Crippen LogP contribution in [0, 0.1) is 0 Å². The minimum absolute atomic E-state index is 0.236. The predicted octanol–water partition coefficient (Wildman–Crippen LogP) is 3.26. The molecule has 2 unspecified atom stereocenters. The minimum Gasteiger partial charge on any atom is -0.312 e. The molecule has 118 valence electrons. The maximum atomic E-state index is 4.14. The van der Waals surface area contributed by atoms with Gasteiger partial charge >= 0.3 is 0 Å². The lowest BCUT2D eigenvalue weighted by Crippen LogP contribution is -2.61. The second-order valence-electron chi connectivity index (χ2n) is 6.43. The van der Waals surface area contributed by atoms with Crippen LogP contribution in [-0.2, 0) is 6.42 Å². The highest BCUT2D eigenvalue weighted by molar-refractivity contribution is 5.14. The van der Waals surface area contributed by atoms with E-state index in [1.807, 2.05) is 12.4 Å². The van der Waals surface area contributed by atoms with Crippen molar-refractivity contribution in [1.29, 1.82) is 0 Å². The van der Waals surface area contributed by atoms with E-state index >= 15 is 0 Å². The van der Waals surface area contributed by atoms with E-state index in [1.165, 1.54) is 44.3 Å². The molecule has 0 radical (unpaired) electrons. The fourth-order valence-electron chi connectivity index (χ4n) is 3.61. The average molecular weight is 289 g/mol. The van der Waals surface area contributed by atoms with E-state index in [1.54, 1.807) is 0 Å². The van der Waals surface area contributed by atoms with Crippen molar-refractivity contribution >= 4 is 0 Å². The van der Waals surface area contributed by atoms with Gasteiger partial charge < -0.3 is 5.32 Å². The van der Waals surface area contributed by atoms with Crippen molar-refractivity contribution in [1.82, 2.24) is 15.2 Å². The molecule has 1 saturated heterocycles. The van der Waals surface area contributed by atoms with Gasteiger partial charge in [-0.15, -0.1) is 0 Å². The first kappa shape index (κ1) is 16.4. The summed E-state index contributed by atoms with van der Waals surface area (Å²) < 4.78 is 0. The number of pyridine rings is 1. The normalized spacial score (nSPS) is 20.9. The molecule has 3 nitrogen and oxygen atoms in total. The van der Waals surface area contributed by atoms with Crippen LogP contribution >= 0.6 is 0 Å². The molecule has 2 rings (SSSR count). The van der Waals surface area contributed by atoms with Gasteiger partial charge in [-0.05, 0) is 69.9 Å². The summed E-state index contributed by atoms with van der Waals surface area (Å²) in [6.07, 6.45) is 10.2. The summed E-state index contributed by atoms with van der Waals surface area (Å²) in [7, 11) is 0. The second-order valence-corrected chi connectivity index (χ2v) is 6.43. The van der Waals surface area contributed by atoms with E-state index in [4.69, 9.17) is 0 Å². The molecule has 0 bridgehead atoms. The average Bonchev–Trinajstić information content (AvgIpc) is 2.55. The largest absolute Gasteiger partial charge is 0.312 e. The van der Waals surface area contributed by atoms with E-state index in [2.05, 4.69) is 48.1 Å². The van der Waals surface area contributed by atoms with Crippen LogP contribution < -0.4 is 5.32 Å². The lowest BCUT2D eigenvalue weighted by Gasteiger charge is -2.48. The summed E-state index contributed by atoms with van der Waals surface area (Å²) in [4.78, 5) is 6.87. The monoisotopic (exact) mass is 289 g/mol.